The molecule has 4 heterocycles. The number of hydrogen-bond acceptors (Lipinski definition) is 4. The van der Waals surface area contributed by atoms with Crippen LogP contribution in [0.3, 0.4) is 0 Å². The molecule has 0 radical (unpaired) electrons. The minimum absolute atomic E-state index is 0.556. The number of furan rings is 1. The Bertz CT molecular complexity index is 3450. The van der Waals surface area contributed by atoms with Gasteiger partial charge in [0.25, 0.3) is 0 Å². The number of benzene rings is 8. The van der Waals surface area contributed by atoms with Crippen LogP contribution in [-0.4, -0.2) is 24.1 Å². The van der Waals surface area contributed by atoms with Crippen molar-refractivity contribution in [3.63, 3.8) is 0 Å². The number of para-hydroxylation sites is 2. The Balaban J connectivity index is 1.17. The van der Waals surface area contributed by atoms with Crippen LogP contribution >= 0.6 is 0 Å². The lowest BCUT2D eigenvalue weighted by Gasteiger charge is -2.13. The molecule has 0 aliphatic rings. The number of nitrogens with zero attached hydrogens (tertiary/aromatic N) is 5. The van der Waals surface area contributed by atoms with E-state index in [0.717, 1.165) is 87.9 Å². The highest BCUT2D eigenvalue weighted by Crippen LogP contribution is 2.42. The molecule has 0 aliphatic heterocycles. The van der Waals surface area contributed by atoms with E-state index in [1.807, 2.05) is 66.7 Å². The van der Waals surface area contributed by atoms with Gasteiger partial charge in [0.1, 0.15) is 11.2 Å². The second kappa shape index (κ2) is 12.3. The summed E-state index contributed by atoms with van der Waals surface area (Å²) >= 11 is 0. The quantitative estimate of drug-likeness (QED) is 0.177. The molecule has 0 aliphatic carbocycles. The van der Waals surface area contributed by atoms with Gasteiger partial charge in [0.2, 0.25) is 5.95 Å². The molecule has 0 saturated heterocycles. The average molecular weight is 730 g/mol. The smallest absolute Gasteiger partial charge is 0.238 e. The lowest BCUT2D eigenvalue weighted by molar-refractivity contribution is 0.668. The molecule has 57 heavy (non-hydrogen) atoms. The van der Waals surface area contributed by atoms with E-state index in [1.165, 1.54) is 5.56 Å². The van der Waals surface area contributed by atoms with Crippen molar-refractivity contribution in [2.24, 2.45) is 0 Å². The summed E-state index contributed by atoms with van der Waals surface area (Å²) in [5.74, 6) is 1.79. The Labute approximate surface area is 326 Å². The van der Waals surface area contributed by atoms with Crippen molar-refractivity contribution in [3.8, 4) is 45.5 Å². The molecule has 0 bridgehead atoms. The molecule has 12 aromatic rings. The van der Waals surface area contributed by atoms with Crippen LogP contribution in [0.25, 0.3) is 111 Å². The van der Waals surface area contributed by atoms with Gasteiger partial charge in [0.05, 0.1) is 27.8 Å². The summed E-state index contributed by atoms with van der Waals surface area (Å²) in [5.41, 5.74) is 11.1. The Morgan fingerprint density at radius 3 is 1.49 bits per heavy atom. The topological polar surface area (TPSA) is 61.7 Å². The molecule has 0 atom stereocenters. The summed E-state index contributed by atoms with van der Waals surface area (Å²) in [5, 5.41) is 6.72. The van der Waals surface area contributed by atoms with Crippen LogP contribution in [0.5, 0.6) is 0 Å². The predicted octanol–water partition coefficient (Wildman–Crippen LogP) is 13.0. The third-order valence-electron chi connectivity index (χ3n) is 11.2. The summed E-state index contributed by atoms with van der Waals surface area (Å²) in [6.45, 7) is 0. The van der Waals surface area contributed by atoms with E-state index in [0.29, 0.717) is 17.6 Å². The van der Waals surface area contributed by atoms with Crippen molar-refractivity contribution in [1.29, 1.82) is 0 Å². The van der Waals surface area contributed by atoms with Crippen LogP contribution in [0.15, 0.2) is 192 Å². The monoisotopic (exact) mass is 729 g/mol. The van der Waals surface area contributed by atoms with E-state index in [1.54, 1.807) is 0 Å². The van der Waals surface area contributed by atoms with Gasteiger partial charge in [-0.3, -0.25) is 4.57 Å². The second-order valence-electron chi connectivity index (χ2n) is 14.4. The fourth-order valence-electron chi connectivity index (χ4n) is 8.59. The first kappa shape index (κ1) is 31.5. The van der Waals surface area contributed by atoms with E-state index in [4.69, 9.17) is 19.4 Å². The van der Waals surface area contributed by atoms with E-state index >= 15 is 0 Å². The molecule has 12 rings (SSSR count). The molecular formula is C51H31N5O. The standard InChI is InChI=1S/C51H31N5O/c1-4-14-32(15-5-1)35-24-29-45-42(30-35)39-26-25-36(31-46(39)57-45)55-43-22-12-10-20-37(43)40-27-28-41-38-21-11-13-23-44(38)56(48(41)47(40)55)51-53-49(33-16-6-2-7-17-33)52-50(54-51)34-18-8-3-9-19-34/h1-31H. The van der Waals surface area contributed by atoms with Crippen LogP contribution in [0.1, 0.15) is 0 Å². The van der Waals surface area contributed by atoms with Crippen molar-refractivity contribution in [3.05, 3.63) is 188 Å². The van der Waals surface area contributed by atoms with Gasteiger partial charge in [-0.25, -0.2) is 4.98 Å². The first-order chi connectivity index (χ1) is 28.3. The van der Waals surface area contributed by atoms with Crippen LogP contribution in [0, 0.1) is 0 Å². The van der Waals surface area contributed by atoms with Gasteiger partial charge in [-0.15, -0.1) is 0 Å². The maximum absolute atomic E-state index is 6.60. The van der Waals surface area contributed by atoms with Gasteiger partial charge in [0, 0.05) is 49.5 Å². The van der Waals surface area contributed by atoms with Crippen molar-refractivity contribution < 1.29 is 4.42 Å². The summed E-state index contributed by atoms with van der Waals surface area (Å²) in [7, 11) is 0. The van der Waals surface area contributed by atoms with Gasteiger partial charge in [-0.05, 0) is 47.5 Å². The Hall–Kier alpha value is -7.83. The fourth-order valence-corrected chi connectivity index (χ4v) is 8.59. The second-order valence-corrected chi connectivity index (χ2v) is 14.4. The third kappa shape index (κ3) is 4.87. The van der Waals surface area contributed by atoms with Gasteiger partial charge in [0.15, 0.2) is 11.6 Å². The van der Waals surface area contributed by atoms with Crippen LogP contribution in [-0.2, 0) is 0 Å². The third-order valence-corrected chi connectivity index (χ3v) is 11.2. The fraction of sp³-hybridized carbons (Fsp3) is 0. The summed E-state index contributed by atoms with van der Waals surface area (Å²) in [4.78, 5) is 15.5. The first-order valence-corrected chi connectivity index (χ1v) is 19.1. The van der Waals surface area contributed by atoms with Crippen molar-refractivity contribution in [2.75, 3.05) is 0 Å². The highest BCUT2D eigenvalue weighted by atomic mass is 16.3. The molecule has 0 fully saturated rings. The highest BCUT2D eigenvalue weighted by molar-refractivity contribution is 6.24. The van der Waals surface area contributed by atoms with E-state index in [2.05, 4.69) is 130 Å². The molecule has 8 aromatic carbocycles. The molecular weight excluding hydrogens is 699 g/mol. The van der Waals surface area contributed by atoms with Gasteiger partial charge in [-0.1, -0.05) is 146 Å². The Morgan fingerprint density at radius 2 is 0.860 bits per heavy atom. The van der Waals surface area contributed by atoms with Crippen molar-refractivity contribution in [1.82, 2.24) is 24.1 Å². The van der Waals surface area contributed by atoms with Crippen molar-refractivity contribution in [2.45, 2.75) is 0 Å². The molecule has 266 valence electrons. The number of aromatic nitrogens is 5. The Morgan fingerprint density at radius 1 is 0.333 bits per heavy atom. The normalized spacial score (nSPS) is 11.9. The maximum atomic E-state index is 6.60. The molecule has 0 spiro atoms. The van der Waals surface area contributed by atoms with Gasteiger partial charge in [-0.2, -0.15) is 9.97 Å². The van der Waals surface area contributed by atoms with Gasteiger partial charge >= 0.3 is 0 Å². The molecule has 6 nitrogen and oxygen atoms in total. The SMILES string of the molecule is c1ccc(-c2ccc3oc4cc(-n5c6ccccc6c6ccc7c8ccccc8n(-c8nc(-c9ccccc9)nc(-c9ccccc9)n8)c7c65)ccc4c3c2)cc1. The number of rotatable bonds is 5. The molecule has 0 amide bonds. The largest absolute Gasteiger partial charge is 0.456 e. The van der Waals surface area contributed by atoms with Crippen LogP contribution in [0.2, 0.25) is 0 Å². The summed E-state index contributed by atoms with van der Waals surface area (Å²) < 4.78 is 11.2. The molecule has 0 unspecified atom stereocenters. The predicted molar refractivity (Wildman–Crippen MR) is 232 cm³/mol. The zero-order chi connectivity index (χ0) is 37.5. The molecule has 4 aromatic heterocycles. The van der Waals surface area contributed by atoms with E-state index in [9.17, 15) is 0 Å². The number of hydrogen-bond donors (Lipinski definition) is 0. The minimum Gasteiger partial charge on any atom is -0.456 e. The maximum Gasteiger partial charge on any atom is 0.238 e. The summed E-state index contributed by atoms with van der Waals surface area (Å²) in [6, 6.07) is 65.5. The van der Waals surface area contributed by atoms with Gasteiger partial charge < -0.3 is 8.98 Å². The first-order valence-electron chi connectivity index (χ1n) is 19.1. The highest BCUT2D eigenvalue weighted by Gasteiger charge is 2.24. The van der Waals surface area contributed by atoms with Crippen LogP contribution in [0.4, 0.5) is 0 Å². The lowest BCUT2D eigenvalue weighted by Crippen LogP contribution is -2.07. The average Bonchev–Trinajstić information content (AvgIpc) is 3.94. The van der Waals surface area contributed by atoms with Crippen LogP contribution < -0.4 is 0 Å². The molecule has 0 N–H and O–H groups in total. The van der Waals surface area contributed by atoms with E-state index in [-0.39, 0.29) is 0 Å². The molecule has 6 heteroatoms. The summed E-state index contributed by atoms with van der Waals surface area (Å²) in [6.07, 6.45) is 0. The minimum atomic E-state index is 0.556. The lowest BCUT2D eigenvalue weighted by atomic mass is 10.0. The van der Waals surface area contributed by atoms with Crippen molar-refractivity contribution >= 4 is 65.6 Å². The zero-order valence-corrected chi connectivity index (χ0v) is 30.5. The molecule has 0 saturated carbocycles. The Kier molecular flexibility index (Phi) is 6.83. The van der Waals surface area contributed by atoms with E-state index < -0.39 is 0 Å². The number of fused-ring (bicyclic) bond motifs is 10. The zero-order valence-electron chi connectivity index (χ0n) is 30.5.